The number of benzene rings is 1. The van der Waals surface area contributed by atoms with Gasteiger partial charge >= 0.3 is 5.97 Å². The first kappa shape index (κ1) is 22.1. The largest absolute Gasteiger partial charge is 0.427 e. The Morgan fingerprint density at radius 3 is 1.96 bits per heavy atom. The summed E-state index contributed by atoms with van der Waals surface area (Å²) in [6, 6.07) is 7.33. The second-order valence-corrected chi connectivity index (χ2v) is 7.44. The molecule has 0 radical (unpaired) electrons. The molecule has 0 atom stereocenters. The lowest BCUT2D eigenvalue weighted by molar-refractivity contribution is -0.131. The summed E-state index contributed by atoms with van der Waals surface area (Å²) in [5.74, 6) is 0.227. The minimum absolute atomic E-state index is 0.316. The Hall–Kier alpha value is -2.23. The van der Waals surface area contributed by atoms with Crippen LogP contribution in [0.4, 0.5) is 0 Å². The molecule has 0 unspecified atom stereocenters. The maximum absolute atomic E-state index is 11.0. The predicted molar refractivity (Wildman–Crippen MR) is 114 cm³/mol. The number of esters is 1. The zero-order valence-electron chi connectivity index (χ0n) is 17.5. The van der Waals surface area contributed by atoms with E-state index in [1.165, 1.54) is 71.1 Å². The second-order valence-electron chi connectivity index (χ2n) is 7.44. The Kier molecular flexibility index (Phi) is 10.3. The van der Waals surface area contributed by atoms with E-state index in [9.17, 15) is 4.79 Å². The number of hydrogen-bond donors (Lipinski definition) is 0. The molecular weight excluding hydrogens is 348 g/mol. The van der Waals surface area contributed by atoms with E-state index in [4.69, 9.17) is 4.74 Å². The van der Waals surface area contributed by atoms with Crippen LogP contribution in [0.1, 0.15) is 83.7 Å². The molecule has 0 saturated carbocycles. The standard InChI is InChI=1S/C24H34N2O2/c1-3-4-5-6-7-8-9-10-11-12-13-22-18-26-24(19-25-22)21-14-16-23(17-15-21)28-20(2)27/h14-19H,3-13H2,1-2H3. The van der Waals surface area contributed by atoms with Gasteiger partial charge in [-0.2, -0.15) is 0 Å². The third-order valence-corrected chi connectivity index (χ3v) is 4.90. The molecule has 2 aromatic rings. The molecule has 0 fully saturated rings. The van der Waals surface area contributed by atoms with Gasteiger partial charge in [-0.25, -0.2) is 0 Å². The fourth-order valence-electron chi connectivity index (χ4n) is 3.29. The maximum Gasteiger partial charge on any atom is 0.308 e. The van der Waals surface area contributed by atoms with E-state index in [1.54, 1.807) is 12.1 Å². The van der Waals surface area contributed by atoms with Crippen molar-refractivity contribution in [2.24, 2.45) is 0 Å². The van der Waals surface area contributed by atoms with Crippen LogP contribution in [0.15, 0.2) is 36.7 Å². The molecular formula is C24H34N2O2. The summed E-state index contributed by atoms with van der Waals surface area (Å²) in [7, 11) is 0. The molecule has 0 amide bonds. The van der Waals surface area contributed by atoms with Crippen LogP contribution in [-0.4, -0.2) is 15.9 Å². The van der Waals surface area contributed by atoms with Gasteiger partial charge in [0.05, 0.1) is 17.6 Å². The minimum atomic E-state index is -0.316. The van der Waals surface area contributed by atoms with Crippen molar-refractivity contribution in [3.05, 3.63) is 42.4 Å². The highest BCUT2D eigenvalue weighted by molar-refractivity contribution is 5.69. The number of carbonyl (C=O) groups is 1. The van der Waals surface area contributed by atoms with Crippen molar-refractivity contribution in [3.8, 4) is 17.0 Å². The van der Waals surface area contributed by atoms with Crippen LogP contribution in [0.2, 0.25) is 0 Å². The van der Waals surface area contributed by atoms with Crippen LogP contribution in [0.5, 0.6) is 5.75 Å². The number of hydrogen-bond acceptors (Lipinski definition) is 4. The normalized spacial score (nSPS) is 10.8. The van der Waals surface area contributed by atoms with E-state index in [2.05, 4.69) is 16.9 Å². The number of aryl methyl sites for hydroxylation is 1. The molecule has 1 heterocycles. The lowest BCUT2D eigenvalue weighted by atomic mass is 10.1. The van der Waals surface area contributed by atoms with Gasteiger partial charge in [0.1, 0.15) is 5.75 Å². The number of carbonyl (C=O) groups excluding carboxylic acids is 1. The summed E-state index contributed by atoms with van der Waals surface area (Å²) < 4.78 is 5.05. The van der Waals surface area contributed by atoms with Gasteiger partial charge in [0.15, 0.2) is 0 Å². The molecule has 2 rings (SSSR count). The molecule has 0 bridgehead atoms. The fourth-order valence-corrected chi connectivity index (χ4v) is 3.29. The summed E-state index contributed by atoms with van der Waals surface area (Å²) in [6.45, 7) is 3.66. The molecule has 0 aliphatic carbocycles. The average molecular weight is 383 g/mol. The molecule has 1 aromatic carbocycles. The molecule has 0 aliphatic heterocycles. The van der Waals surface area contributed by atoms with Crippen molar-refractivity contribution < 1.29 is 9.53 Å². The number of nitrogens with zero attached hydrogens (tertiary/aromatic N) is 2. The Balaban J connectivity index is 1.64. The van der Waals surface area contributed by atoms with Crippen molar-refractivity contribution in [2.75, 3.05) is 0 Å². The summed E-state index contributed by atoms with van der Waals surface area (Å²) in [6.07, 6.45) is 18.1. The lowest BCUT2D eigenvalue weighted by Gasteiger charge is -2.05. The molecule has 28 heavy (non-hydrogen) atoms. The van der Waals surface area contributed by atoms with Crippen molar-refractivity contribution in [3.63, 3.8) is 0 Å². The number of ether oxygens (including phenoxy) is 1. The van der Waals surface area contributed by atoms with E-state index in [1.807, 2.05) is 24.5 Å². The molecule has 0 N–H and O–H groups in total. The molecule has 4 heteroatoms. The molecule has 1 aromatic heterocycles. The van der Waals surface area contributed by atoms with Crippen LogP contribution < -0.4 is 4.74 Å². The third kappa shape index (κ3) is 8.64. The summed E-state index contributed by atoms with van der Waals surface area (Å²) in [4.78, 5) is 20.1. The van der Waals surface area contributed by atoms with Crippen LogP contribution in [0, 0.1) is 0 Å². The Morgan fingerprint density at radius 2 is 1.43 bits per heavy atom. The van der Waals surface area contributed by atoms with Gasteiger partial charge in [-0.15, -0.1) is 0 Å². The van der Waals surface area contributed by atoms with Crippen molar-refractivity contribution >= 4 is 5.97 Å². The Morgan fingerprint density at radius 1 is 0.821 bits per heavy atom. The van der Waals surface area contributed by atoms with Crippen molar-refractivity contribution in [1.82, 2.24) is 9.97 Å². The Labute approximate surface area is 169 Å². The van der Waals surface area contributed by atoms with Gasteiger partial charge in [0.25, 0.3) is 0 Å². The fraction of sp³-hybridized carbons (Fsp3) is 0.542. The second kappa shape index (κ2) is 13.0. The van der Waals surface area contributed by atoms with Gasteiger partial charge in [0, 0.05) is 18.7 Å². The number of rotatable bonds is 13. The third-order valence-electron chi connectivity index (χ3n) is 4.90. The summed E-state index contributed by atoms with van der Waals surface area (Å²) in [5, 5.41) is 0. The topological polar surface area (TPSA) is 52.1 Å². The van der Waals surface area contributed by atoms with Gasteiger partial charge in [0.2, 0.25) is 0 Å². The first-order valence-electron chi connectivity index (χ1n) is 10.8. The first-order valence-corrected chi connectivity index (χ1v) is 10.8. The monoisotopic (exact) mass is 382 g/mol. The molecule has 4 nitrogen and oxygen atoms in total. The molecule has 0 saturated heterocycles. The predicted octanol–water partition coefficient (Wildman–Crippen LogP) is 6.53. The maximum atomic E-state index is 11.0. The molecule has 152 valence electrons. The lowest BCUT2D eigenvalue weighted by Crippen LogP contribution is -2.01. The van der Waals surface area contributed by atoms with E-state index in [0.29, 0.717) is 5.75 Å². The zero-order valence-corrected chi connectivity index (χ0v) is 17.5. The van der Waals surface area contributed by atoms with Gasteiger partial charge in [-0.05, 0) is 37.1 Å². The van der Waals surface area contributed by atoms with E-state index in [0.717, 1.165) is 23.4 Å². The number of unbranched alkanes of at least 4 members (excludes halogenated alkanes) is 9. The summed E-state index contributed by atoms with van der Waals surface area (Å²) in [5.41, 5.74) is 2.86. The van der Waals surface area contributed by atoms with Crippen molar-refractivity contribution in [1.29, 1.82) is 0 Å². The summed E-state index contributed by atoms with van der Waals surface area (Å²) >= 11 is 0. The average Bonchev–Trinajstić information content (AvgIpc) is 2.70. The smallest absolute Gasteiger partial charge is 0.308 e. The van der Waals surface area contributed by atoms with Gasteiger partial charge in [-0.3, -0.25) is 14.8 Å². The highest BCUT2D eigenvalue weighted by Crippen LogP contribution is 2.20. The zero-order chi connectivity index (χ0) is 20.0. The van der Waals surface area contributed by atoms with Gasteiger partial charge in [-0.1, -0.05) is 64.7 Å². The first-order chi connectivity index (χ1) is 13.7. The van der Waals surface area contributed by atoms with Crippen LogP contribution >= 0.6 is 0 Å². The number of aromatic nitrogens is 2. The highest BCUT2D eigenvalue weighted by atomic mass is 16.5. The van der Waals surface area contributed by atoms with E-state index in [-0.39, 0.29) is 5.97 Å². The molecule has 0 aliphatic rings. The van der Waals surface area contributed by atoms with Crippen LogP contribution in [0.3, 0.4) is 0 Å². The van der Waals surface area contributed by atoms with Crippen LogP contribution in [0.25, 0.3) is 11.3 Å². The Bertz CT molecular complexity index is 681. The van der Waals surface area contributed by atoms with Crippen molar-refractivity contribution in [2.45, 2.75) is 84.5 Å². The SMILES string of the molecule is CCCCCCCCCCCCc1cnc(-c2ccc(OC(C)=O)cc2)cn1. The quantitative estimate of drug-likeness (QED) is 0.224. The van der Waals surface area contributed by atoms with E-state index < -0.39 is 0 Å². The van der Waals surface area contributed by atoms with Gasteiger partial charge < -0.3 is 4.74 Å². The van der Waals surface area contributed by atoms with Crippen LogP contribution in [-0.2, 0) is 11.2 Å². The minimum Gasteiger partial charge on any atom is -0.427 e. The highest BCUT2D eigenvalue weighted by Gasteiger charge is 2.03. The molecule has 0 spiro atoms. The van der Waals surface area contributed by atoms with E-state index >= 15 is 0 Å².